The van der Waals surface area contributed by atoms with E-state index in [9.17, 15) is 14.9 Å². The van der Waals surface area contributed by atoms with Crippen LogP contribution in [0.5, 0.6) is 5.75 Å². The number of hydrogen-bond donors (Lipinski definition) is 0. The van der Waals surface area contributed by atoms with Crippen molar-refractivity contribution in [2.75, 3.05) is 7.11 Å². The van der Waals surface area contributed by atoms with E-state index in [-0.39, 0.29) is 23.7 Å². The number of methoxy groups -OCH3 is 1. The van der Waals surface area contributed by atoms with Crippen LogP contribution in [-0.2, 0) is 4.79 Å². The summed E-state index contributed by atoms with van der Waals surface area (Å²) in [7, 11) is 1.49. The third kappa shape index (κ3) is 4.43. The molecule has 1 saturated heterocycles. The van der Waals surface area contributed by atoms with E-state index in [1.165, 1.54) is 31.0 Å². The molecule has 0 aliphatic carbocycles. The van der Waals surface area contributed by atoms with E-state index in [0.29, 0.717) is 16.3 Å². The molecule has 1 aliphatic heterocycles. The van der Waals surface area contributed by atoms with Crippen LogP contribution < -0.4 is 4.74 Å². The first kappa shape index (κ1) is 23.6. The van der Waals surface area contributed by atoms with Crippen LogP contribution in [0, 0.1) is 24.0 Å². The lowest BCUT2D eigenvalue weighted by Gasteiger charge is -2.20. The Kier molecular flexibility index (Phi) is 6.78. The fraction of sp³-hybridized carbons (Fsp3) is 0.391. The van der Waals surface area contributed by atoms with Gasteiger partial charge in [0.1, 0.15) is 5.75 Å². The average Bonchev–Trinajstić information content (AvgIpc) is 3.16. The number of ether oxygens (including phenoxy) is 1. The molecule has 32 heavy (non-hydrogen) atoms. The van der Waals surface area contributed by atoms with Gasteiger partial charge in [0.05, 0.1) is 28.7 Å². The first-order valence-corrected chi connectivity index (χ1v) is 11.2. The molecule has 1 aromatic heterocycles. The minimum absolute atomic E-state index is 0.00945. The van der Waals surface area contributed by atoms with Gasteiger partial charge in [-0.3, -0.25) is 24.8 Å². The first-order valence-electron chi connectivity index (χ1n) is 10.4. The minimum atomic E-state index is -0.447. The van der Waals surface area contributed by atoms with E-state index >= 15 is 0 Å². The van der Waals surface area contributed by atoms with Crippen molar-refractivity contribution in [3.8, 4) is 11.4 Å². The topological polar surface area (TPSA) is 90.0 Å². The lowest BCUT2D eigenvalue weighted by atomic mass is 10.2. The molecule has 1 aliphatic rings. The van der Waals surface area contributed by atoms with Crippen LogP contribution in [0.25, 0.3) is 11.8 Å². The molecule has 0 bridgehead atoms. The fourth-order valence-electron chi connectivity index (χ4n) is 3.66. The second-order valence-electron chi connectivity index (χ2n) is 8.16. The Hall–Kier alpha value is -3.07. The first-order chi connectivity index (χ1) is 15.0. The highest BCUT2D eigenvalue weighted by Gasteiger charge is 2.35. The summed E-state index contributed by atoms with van der Waals surface area (Å²) in [6.07, 6.45) is 1.89. The fourth-order valence-corrected chi connectivity index (χ4v) is 4.89. The predicted octanol–water partition coefficient (Wildman–Crippen LogP) is 5.10. The zero-order valence-electron chi connectivity index (χ0n) is 19.4. The molecule has 0 N–H and O–H groups in total. The van der Waals surface area contributed by atoms with Crippen molar-refractivity contribution in [3.63, 3.8) is 0 Å². The van der Waals surface area contributed by atoms with Crippen LogP contribution >= 0.6 is 11.8 Å². The molecule has 1 aromatic carbocycles. The standard InChI is InChI=1S/C23H28N4O4S/c1-13(2)24-23-25(14(3)4)22(28)21(32-23)11-17-10-15(5)26(16(17)6)19-9-8-18(27(29)30)12-20(19)31-7/h8-14H,1-7H3/b21-11+,24-23?. The molecule has 0 unspecified atom stereocenters. The number of carbonyl (C=O) groups is 1. The Bertz CT molecular complexity index is 1130. The Morgan fingerprint density at radius 1 is 1.19 bits per heavy atom. The summed E-state index contributed by atoms with van der Waals surface area (Å²) in [5.74, 6) is 0.353. The number of carbonyl (C=O) groups excluding carboxylic acids is 1. The van der Waals surface area contributed by atoms with E-state index in [1.54, 1.807) is 11.0 Å². The SMILES string of the molecule is COc1cc([N+](=O)[O-])ccc1-n1c(C)cc(/C=C2/SC(=NC(C)C)N(C(C)C)C2=O)c1C. The normalized spacial score (nSPS) is 16.8. The number of nitrogens with zero attached hydrogens (tertiary/aromatic N) is 4. The van der Waals surface area contributed by atoms with Gasteiger partial charge in [-0.05, 0) is 77.1 Å². The van der Waals surface area contributed by atoms with Gasteiger partial charge in [0, 0.05) is 29.5 Å². The third-order valence-corrected chi connectivity index (χ3v) is 6.09. The number of aromatic nitrogens is 1. The van der Waals surface area contributed by atoms with E-state index in [4.69, 9.17) is 4.74 Å². The lowest BCUT2D eigenvalue weighted by Crippen LogP contribution is -2.35. The zero-order valence-corrected chi connectivity index (χ0v) is 20.2. The number of nitro groups is 1. The quantitative estimate of drug-likeness (QED) is 0.343. The average molecular weight is 457 g/mol. The van der Waals surface area contributed by atoms with Crippen LogP contribution in [0.1, 0.15) is 44.6 Å². The van der Waals surface area contributed by atoms with Gasteiger partial charge in [0.25, 0.3) is 11.6 Å². The van der Waals surface area contributed by atoms with Crippen LogP contribution in [0.2, 0.25) is 0 Å². The van der Waals surface area contributed by atoms with Crippen molar-refractivity contribution in [3.05, 3.63) is 56.2 Å². The Labute approximate surface area is 192 Å². The summed E-state index contributed by atoms with van der Waals surface area (Å²) in [6, 6.07) is 6.64. The number of amides is 1. The van der Waals surface area contributed by atoms with Crippen molar-refractivity contribution < 1.29 is 14.5 Å². The smallest absolute Gasteiger partial charge is 0.273 e. The maximum atomic E-state index is 13.1. The Morgan fingerprint density at radius 3 is 2.44 bits per heavy atom. The highest BCUT2D eigenvalue weighted by atomic mass is 32.2. The van der Waals surface area contributed by atoms with Gasteiger partial charge in [0.2, 0.25) is 0 Å². The van der Waals surface area contributed by atoms with Gasteiger partial charge in [0.15, 0.2) is 5.17 Å². The predicted molar refractivity (Wildman–Crippen MR) is 129 cm³/mol. The molecular formula is C23H28N4O4S. The summed E-state index contributed by atoms with van der Waals surface area (Å²) in [5, 5.41) is 11.9. The van der Waals surface area contributed by atoms with E-state index in [2.05, 4.69) is 4.99 Å². The molecule has 170 valence electrons. The van der Waals surface area contributed by atoms with Crippen LogP contribution in [-0.4, -0.2) is 44.7 Å². The molecule has 9 heteroatoms. The molecule has 2 heterocycles. The molecule has 0 saturated carbocycles. The van der Waals surface area contributed by atoms with Gasteiger partial charge >= 0.3 is 0 Å². The van der Waals surface area contributed by atoms with Crippen molar-refractivity contribution >= 4 is 34.6 Å². The van der Waals surface area contributed by atoms with Gasteiger partial charge in [-0.2, -0.15) is 0 Å². The Balaban J connectivity index is 2.06. The van der Waals surface area contributed by atoms with Crippen LogP contribution in [0.3, 0.4) is 0 Å². The largest absolute Gasteiger partial charge is 0.494 e. The van der Waals surface area contributed by atoms with Crippen molar-refractivity contribution in [1.29, 1.82) is 0 Å². The number of rotatable bonds is 6. The summed E-state index contributed by atoms with van der Waals surface area (Å²) >= 11 is 1.39. The number of hydrogen-bond acceptors (Lipinski definition) is 6. The highest BCUT2D eigenvalue weighted by molar-refractivity contribution is 8.18. The summed E-state index contributed by atoms with van der Waals surface area (Å²) in [4.78, 5) is 30.7. The van der Waals surface area contributed by atoms with Crippen LogP contribution in [0.4, 0.5) is 5.69 Å². The number of non-ortho nitro benzene ring substituents is 1. The number of amidine groups is 1. The number of nitro benzene ring substituents is 1. The number of aryl methyl sites for hydroxylation is 1. The molecule has 1 fully saturated rings. The van der Waals surface area contributed by atoms with Gasteiger partial charge in [-0.25, -0.2) is 0 Å². The molecular weight excluding hydrogens is 428 g/mol. The maximum absolute atomic E-state index is 13.1. The Morgan fingerprint density at radius 2 is 1.88 bits per heavy atom. The van der Waals surface area contributed by atoms with Crippen LogP contribution in [0.15, 0.2) is 34.2 Å². The van der Waals surface area contributed by atoms with Gasteiger partial charge < -0.3 is 9.30 Å². The number of benzene rings is 1. The second kappa shape index (κ2) is 9.20. The summed E-state index contributed by atoms with van der Waals surface area (Å²) < 4.78 is 7.40. The number of thioether (sulfide) groups is 1. The van der Waals surface area contributed by atoms with Crippen molar-refractivity contribution in [1.82, 2.24) is 9.47 Å². The van der Waals surface area contributed by atoms with Gasteiger partial charge in [-0.15, -0.1) is 0 Å². The van der Waals surface area contributed by atoms with E-state index in [1.807, 2.05) is 58.3 Å². The van der Waals surface area contributed by atoms with Crippen molar-refractivity contribution in [2.24, 2.45) is 4.99 Å². The number of aliphatic imine (C=N–C) groups is 1. The summed E-state index contributed by atoms with van der Waals surface area (Å²) in [5.41, 5.74) is 3.39. The molecule has 1 amide bonds. The molecule has 0 spiro atoms. The highest BCUT2D eigenvalue weighted by Crippen LogP contribution is 2.36. The molecule has 0 radical (unpaired) electrons. The summed E-state index contributed by atoms with van der Waals surface area (Å²) in [6.45, 7) is 11.8. The third-order valence-electron chi connectivity index (χ3n) is 5.09. The molecule has 3 rings (SSSR count). The second-order valence-corrected chi connectivity index (χ2v) is 9.17. The molecule has 2 aromatic rings. The van der Waals surface area contributed by atoms with E-state index in [0.717, 1.165) is 22.1 Å². The molecule has 8 nitrogen and oxygen atoms in total. The monoisotopic (exact) mass is 456 g/mol. The zero-order chi connectivity index (χ0) is 23.7. The molecule has 0 atom stereocenters. The van der Waals surface area contributed by atoms with Crippen molar-refractivity contribution in [2.45, 2.75) is 53.6 Å². The lowest BCUT2D eigenvalue weighted by molar-refractivity contribution is -0.384. The minimum Gasteiger partial charge on any atom is -0.494 e. The maximum Gasteiger partial charge on any atom is 0.273 e. The van der Waals surface area contributed by atoms with E-state index < -0.39 is 4.92 Å². The van der Waals surface area contributed by atoms with Gasteiger partial charge in [-0.1, -0.05) is 0 Å².